The summed E-state index contributed by atoms with van der Waals surface area (Å²) in [7, 11) is -4.64. The highest BCUT2D eigenvalue weighted by atomic mass is 32.1. The molecule has 0 unspecified atom stereocenters. The highest BCUT2D eigenvalue weighted by molar-refractivity contribution is 7.45. The van der Waals surface area contributed by atoms with Crippen molar-refractivity contribution in [3.8, 4) is 0 Å². The summed E-state index contributed by atoms with van der Waals surface area (Å²) in [5, 5.41) is 4.62. The van der Waals surface area contributed by atoms with Crippen LogP contribution in [0.3, 0.4) is 0 Å². The topological polar surface area (TPSA) is 106 Å². The third kappa shape index (κ3) is 6.11. The van der Waals surface area contributed by atoms with Crippen LogP contribution >= 0.6 is 19.2 Å². The first-order chi connectivity index (χ1) is 13.3. The Balaban J connectivity index is 0.000000403. The largest absolute Gasteiger partial charge is 0.466 e. The summed E-state index contributed by atoms with van der Waals surface area (Å²) in [6.45, 7) is 5.64. The van der Waals surface area contributed by atoms with Gasteiger partial charge >= 0.3 is 7.82 Å². The Morgan fingerprint density at radius 3 is 2.64 bits per heavy atom. The summed E-state index contributed by atoms with van der Waals surface area (Å²) in [4.78, 5) is 30.7. The molecule has 1 aliphatic heterocycles. The highest BCUT2D eigenvalue weighted by Crippen LogP contribution is 2.38. The Kier molecular flexibility index (Phi) is 7.25. The lowest BCUT2D eigenvalue weighted by Crippen LogP contribution is -2.48. The number of anilines is 1. The number of likely N-dealkylation sites (tertiary alicyclic amines) is 1. The van der Waals surface area contributed by atoms with E-state index in [2.05, 4.69) is 47.5 Å². The van der Waals surface area contributed by atoms with Gasteiger partial charge in [-0.25, -0.2) is 9.55 Å². The van der Waals surface area contributed by atoms with E-state index in [0.29, 0.717) is 0 Å². The Morgan fingerprint density at radius 2 is 1.96 bits per heavy atom. The number of fused-ring (bicyclic) bond motifs is 2. The first-order valence-electron chi connectivity index (χ1n) is 9.62. The number of rotatable bonds is 4. The first kappa shape index (κ1) is 21.4. The van der Waals surface area contributed by atoms with Gasteiger partial charge in [0.25, 0.3) is 0 Å². The standard InChI is InChI=1S/C19H25N3S.H3O4P/c1-2-22-10-6-9-15-11-16-18(12-17(15)22)23-19(21-16)20-13-14-7-4-3-5-8-14;1-5(2,3)4/h3-5,7-8,15,17H,2,6,9-13H2,1H3,(H,20,21);(H3,1,2,3,4)/t15-,17-;/m1./s1. The SMILES string of the molecule is CCN1CCC[C@@H]2Cc3nc(NCc4ccccc4)sc3C[C@H]21.O=P(O)(O)O. The first-order valence-corrected chi connectivity index (χ1v) is 12.0. The summed E-state index contributed by atoms with van der Waals surface area (Å²) in [6, 6.07) is 11.3. The predicted molar refractivity (Wildman–Crippen MR) is 111 cm³/mol. The van der Waals surface area contributed by atoms with Crippen LogP contribution < -0.4 is 5.32 Å². The van der Waals surface area contributed by atoms with Gasteiger partial charge in [-0.05, 0) is 50.3 Å². The quantitative estimate of drug-likeness (QED) is 0.558. The molecule has 1 aromatic carbocycles. The second-order valence-corrected chi connectivity index (χ2v) is 9.36. The minimum Gasteiger partial charge on any atom is -0.357 e. The van der Waals surface area contributed by atoms with Crippen LogP contribution in [0.5, 0.6) is 0 Å². The van der Waals surface area contributed by atoms with E-state index >= 15 is 0 Å². The van der Waals surface area contributed by atoms with E-state index in [1.807, 2.05) is 11.3 Å². The van der Waals surface area contributed by atoms with Crippen LogP contribution in [0.4, 0.5) is 5.13 Å². The molecule has 2 aromatic rings. The van der Waals surface area contributed by atoms with Crippen molar-refractivity contribution in [1.82, 2.24) is 9.88 Å². The summed E-state index contributed by atoms with van der Waals surface area (Å²) in [5.41, 5.74) is 2.68. The Labute approximate surface area is 169 Å². The van der Waals surface area contributed by atoms with Crippen LogP contribution in [0, 0.1) is 5.92 Å². The molecule has 154 valence electrons. The number of thiazole rings is 1. The fraction of sp³-hybridized carbons (Fsp3) is 0.526. The summed E-state index contributed by atoms with van der Waals surface area (Å²) in [5.74, 6) is 0.820. The molecule has 2 aliphatic rings. The molecular weight excluding hydrogens is 397 g/mol. The Morgan fingerprint density at radius 1 is 1.25 bits per heavy atom. The van der Waals surface area contributed by atoms with Gasteiger partial charge in [0.15, 0.2) is 5.13 Å². The Hall–Kier alpha value is -1.28. The zero-order valence-electron chi connectivity index (χ0n) is 16.0. The molecule has 1 aromatic heterocycles. The van der Waals surface area contributed by atoms with Gasteiger partial charge in [-0.3, -0.25) is 0 Å². The fourth-order valence-corrected chi connectivity index (χ4v) is 5.16. The third-order valence-corrected chi connectivity index (χ3v) is 6.43. The van der Waals surface area contributed by atoms with Crippen molar-refractivity contribution in [3.05, 3.63) is 46.5 Å². The van der Waals surface area contributed by atoms with Crippen LogP contribution in [0.25, 0.3) is 0 Å². The maximum absolute atomic E-state index is 8.88. The van der Waals surface area contributed by atoms with Gasteiger partial charge in [0.1, 0.15) is 0 Å². The number of aromatic nitrogens is 1. The van der Waals surface area contributed by atoms with E-state index in [0.717, 1.165) is 23.6 Å². The van der Waals surface area contributed by atoms with Crippen molar-refractivity contribution in [1.29, 1.82) is 0 Å². The minimum atomic E-state index is -4.64. The molecular formula is C19H28N3O4PS. The number of nitrogens with zero attached hydrogens (tertiary/aromatic N) is 2. The van der Waals surface area contributed by atoms with E-state index in [1.54, 1.807) is 0 Å². The molecule has 0 spiro atoms. The van der Waals surface area contributed by atoms with Crippen molar-refractivity contribution in [2.75, 3.05) is 18.4 Å². The molecule has 0 amide bonds. The normalized spacial score (nSPS) is 21.9. The molecule has 2 atom stereocenters. The molecule has 4 N–H and O–H groups in total. The van der Waals surface area contributed by atoms with Gasteiger partial charge in [0.05, 0.1) is 5.69 Å². The maximum atomic E-state index is 8.88. The van der Waals surface area contributed by atoms with Crippen molar-refractivity contribution in [2.45, 2.75) is 45.2 Å². The molecule has 0 bridgehead atoms. The second-order valence-electron chi connectivity index (χ2n) is 7.25. The average molecular weight is 425 g/mol. The summed E-state index contributed by atoms with van der Waals surface area (Å²) < 4.78 is 8.88. The van der Waals surface area contributed by atoms with Crippen LogP contribution in [-0.2, 0) is 24.0 Å². The molecule has 0 saturated carbocycles. The summed E-state index contributed by atoms with van der Waals surface area (Å²) in [6.07, 6.45) is 5.12. The molecule has 2 heterocycles. The molecule has 28 heavy (non-hydrogen) atoms. The average Bonchev–Trinajstić information content (AvgIpc) is 3.05. The third-order valence-electron chi connectivity index (χ3n) is 5.35. The predicted octanol–water partition coefficient (Wildman–Crippen LogP) is 3.03. The molecule has 4 rings (SSSR count). The number of likely N-dealkylation sites (N-methyl/N-ethyl adjacent to an activating group) is 1. The molecule has 1 fully saturated rings. The minimum absolute atomic E-state index is 0.753. The van der Waals surface area contributed by atoms with Gasteiger partial charge in [-0.15, -0.1) is 11.3 Å². The Bertz CT molecular complexity index is 803. The van der Waals surface area contributed by atoms with Gasteiger partial charge in [0.2, 0.25) is 0 Å². The molecule has 0 radical (unpaired) electrons. The van der Waals surface area contributed by atoms with E-state index in [9.17, 15) is 0 Å². The number of hydrogen-bond acceptors (Lipinski definition) is 5. The lowest BCUT2D eigenvalue weighted by atomic mass is 9.79. The highest BCUT2D eigenvalue weighted by Gasteiger charge is 2.36. The van der Waals surface area contributed by atoms with E-state index < -0.39 is 7.82 Å². The van der Waals surface area contributed by atoms with Crippen molar-refractivity contribution < 1.29 is 19.2 Å². The smallest absolute Gasteiger partial charge is 0.357 e. The number of phosphoric acid groups is 1. The van der Waals surface area contributed by atoms with Crippen LogP contribution in [0.15, 0.2) is 30.3 Å². The summed E-state index contributed by atoms with van der Waals surface area (Å²) >= 11 is 1.87. The van der Waals surface area contributed by atoms with Crippen molar-refractivity contribution in [2.24, 2.45) is 5.92 Å². The monoisotopic (exact) mass is 425 g/mol. The van der Waals surface area contributed by atoms with E-state index in [-0.39, 0.29) is 0 Å². The van der Waals surface area contributed by atoms with Gasteiger partial charge < -0.3 is 24.9 Å². The lowest BCUT2D eigenvalue weighted by molar-refractivity contribution is 0.0911. The van der Waals surface area contributed by atoms with E-state index in [4.69, 9.17) is 24.2 Å². The van der Waals surface area contributed by atoms with Crippen LogP contribution in [0.1, 0.15) is 35.9 Å². The molecule has 1 saturated heterocycles. The zero-order valence-corrected chi connectivity index (χ0v) is 17.7. The molecule has 9 heteroatoms. The van der Waals surface area contributed by atoms with Crippen LogP contribution in [0.2, 0.25) is 0 Å². The van der Waals surface area contributed by atoms with Gasteiger partial charge in [-0.1, -0.05) is 37.3 Å². The maximum Gasteiger partial charge on any atom is 0.466 e. The zero-order chi connectivity index (χ0) is 20.1. The van der Waals surface area contributed by atoms with Crippen LogP contribution in [-0.4, -0.2) is 43.7 Å². The molecule has 7 nitrogen and oxygen atoms in total. The number of benzene rings is 1. The van der Waals surface area contributed by atoms with Crippen molar-refractivity contribution >= 4 is 24.3 Å². The number of nitrogens with one attached hydrogen (secondary N) is 1. The van der Waals surface area contributed by atoms with E-state index in [1.165, 1.54) is 54.9 Å². The fourth-order valence-electron chi connectivity index (χ4n) is 4.13. The number of piperidine rings is 1. The second kappa shape index (κ2) is 9.48. The lowest BCUT2D eigenvalue weighted by Gasteiger charge is -2.43. The van der Waals surface area contributed by atoms with Crippen molar-refractivity contribution in [3.63, 3.8) is 0 Å². The number of hydrogen-bond donors (Lipinski definition) is 4. The van der Waals surface area contributed by atoms with Gasteiger partial charge in [-0.2, -0.15) is 0 Å². The molecule has 1 aliphatic carbocycles. The van der Waals surface area contributed by atoms with Gasteiger partial charge in [0, 0.05) is 17.5 Å².